The first kappa shape index (κ1) is 8.57. The van der Waals surface area contributed by atoms with Gasteiger partial charge >= 0.3 is 0 Å². The van der Waals surface area contributed by atoms with Crippen LogP contribution in [0.25, 0.3) is 0 Å². The van der Waals surface area contributed by atoms with Crippen molar-refractivity contribution >= 4 is 0 Å². The van der Waals surface area contributed by atoms with Crippen LogP contribution in [-0.2, 0) is 12.8 Å². The standard InChI is InChI=1S/C11H15NO/c1-13-11-4-2-3-9-5-7-12-8-6-10(9)11/h2-4,12H,5-8H2,1H3. The van der Waals surface area contributed by atoms with Crippen LogP contribution < -0.4 is 10.1 Å². The van der Waals surface area contributed by atoms with Gasteiger partial charge in [-0.25, -0.2) is 0 Å². The van der Waals surface area contributed by atoms with Crippen LogP contribution >= 0.6 is 0 Å². The molecule has 0 spiro atoms. The Bertz CT molecular complexity index is 296. The van der Waals surface area contributed by atoms with Crippen molar-refractivity contribution in [3.63, 3.8) is 0 Å². The van der Waals surface area contributed by atoms with Crippen molar-refractivity contribution in [2.45, 2.75) is 12.8 Å². The summed E-state index contributed by atoms with van der Waals surface area (Å²) in [7, 11) is 1.74. The number of rotatable bonds is 1. The average molecular weight is 177 g/mol. The Hall–Kier alpha value is -1.02. The van der Waals surface area contributed by atoms with Gasteiger partial charge in [-0.15, -0.1) is 0 Å². The zero-order chi connectivity index (χ0) is 9.10. The fourth-order valence-corrected chi connectivity index (χ4v) is 1.88. The van der Waals surface area contributed by atoms with Crippen LogP contribution in [0.5, 0.6) is 5.75 Å². The van der Waals surface area contributed by atoms with E-state index in [0.29, 0.717) is 0 Å². The van der Waals surface area contributed by atoms with Crippen molar-refractivity contribution in [1.82, 2.24) is 5.32 Å². The molecule has 1 aromatic carbocycles. The molecule has 0 saturated heterocycles. The summed E-state index contributed by atoms with van der Waals surface area (Å²) in [5.41, 5.74) is 2.82. The van der Waals surface area contributed by atoms with Gasteiger partial charge in [0.05, 0.1) is 7.11 Å². The molecule has 0 aliphatic carbocycles. The molecule has 0 fully saturated rings. The molecule has 1 heterocycles. The van der Waals surface area contributed by atoms with Gasteiger partial charge in [0, 0.05) is 0 Å². The zero-order valence-electron chi connectivity index (χ0n) is 7.97. The van der Waals surface area contributed by atoms with E-state index < -0.39 is 0 Å². The quantitative estimate of drug-likeness (QED) is 0.699. The molecule has 0 saturated carbocycles. The molecule has 0 amide bonds. The van der Waals surface area contributed by atoms with E-state index in [-0.39, 0.29) is 0 Å². The smallest absolute Gasteiger partial charge is 0.122 e. The molecular weight excluding hydrogens is 162 g/mol. The molecule has 0 unspecified atom stereocenters. The molecule has 2 rings (SSSR count). The van der Waals surface area contributed by atoms with Crippen LogP contribution in [0.2, 0.25) is 0 Å². The maximum Gasteiger partial charge on any atom is 0.122 e. The second-order valence-corrected chi connectivity index (χ2v) is 3.35. The predicted octanol–water partition coefficient (Wildman–Crippen LogP) is 1.38. The summed E-state index contributed by atoms with van der Waals surface area (Å²) in [4.78, 5) is 0. The molecule has 1 aromatic rings. The minimum Gasteiger partial charge on any atom is -0.496 e. The van der Waals surface area contributed by atoms with Crippen LogP contribution in [0.1, 0.15) is 11.1 Å². The highest BCUT2D eigenvalue weighted by Gasteiger charge is 2.10. The van der Waals surface area contributed by atoms with Gasteiger partial charge in [-0.1, -0.05) is 12.1 Å². The van der Waals surface area contributed by atoms with E-state index in [2.05, 4.69) is 17.4 Å². The van der Waals surface area contributed by atoms with E-state index in [9.17, 15) is 0 Å². The van der Waals surface area contributed by atoms with Crippen LogP contribution in [0.4, 0.5) is 0 Å². The van der Waals surface area contributed by atoms with Gasteiger partial charge in [-0.2, -0.15) is 0 Å². The lowest BCUT2D eigenvalue weighted by atomic mass is 10.0. The number of hydrogen-bond acceptors (Lipinski definition) is 2. The minimum atomic E-state index is 1.04. The van der Waals surface area contributed by atoms with E-state index in [0.717, 1.165) is 31.7 Å². The summed E-state index contributed by atoms with van der Waals surface area (Å²) in [5.74, 6) is 1.04. The fraction of sp³-hybridized carbons (Fsp3) is 0.455. The van der Waals surface area contributed by atoms with Crippen molar-refractivity contribution in [1.29, 1.82) is 0 Å². The van der Waals surface area contributed by atoms with Gasteiger partial charge < -0.3 is 10.1 Å². The Morgan fingerprint density at radius 3 is 2.92 bits per heavy atom. The molecule has 2 nitrogen and oxygen atoms in total. The number of hydrogen-bond donors (Lipinski definition) is 1. The van der Waals surface area contributed by atoms with E-state index in [1.54, 1.807) is 7.11 Å². The fourth-order valence-electron chi connectivity index (χ4n) is 1.88. The highest BCUT2D eigenvalue weighted by atomic mass is 16.5. The van der Waals surface area contributed by atoms with E-state index in [1.807, 2.05) is 6.07 Å². The normalized spacial score (nSPS) is 16.1. The summed E-state index contributed by atoms with van der Waals surface area (Å²) < 4.78 is 5.34. The van der Waals surface area contributed by atoms with Crippen molar-refractivity contribution < 1.29 is 4.74 Å². The van der Waals surface area contributed by atoms with Crippen molar-refractivity contribution in [3.8, 4) is 5.75 Å². The maximum absolute atomic E-state index is 5.34. The third-order valence-corrected chi connectivity index (χ3v) is 2.57. The van der Waals surface area contributed by atoms with Gasteiger partial charge in [-0.05, 0) is 43.1 Å². The summed E-state index contributed by atoms with van der Waals surface area (Å²) in [5, 5.41) is 3.39. The monoisotopic (exact) mass is 177 g/mol. The summed E-state index contributed by atoms with van der Waals surface area (Å²) in [6.07, 6.45) is 2.20. The zero-order valence-corrected chi connectivity index (χ0v) is 7.97. The Balaban J connectivity index is 2.40. The Kier molecular flexibility index (Phi) is 2.50. The van der Waals surface area contributed by atoms with E-state index in [4.69, 9.17) is 4.74 Å². The number of ether oxygens (including phenoxy) is 1. The highest BCUT2D eigenvalue weighted by molar-refractivity contribution is 5.41. The predicted molar refractivity (Wildman–Crippen MR) is 53.3 cm³/mol. The topological polar surface area (TPSA) is 21.3 Å². The lowest BCUT2D eigenvalue weighted by Crippen LogP contribution is -2.16. The maximum atomic E-state index is 5.34. The van der Waals surface area contributed by atoms with Gasteiger partial charge in [-0.3, -0.25) is 0 Å². The first-order valence-corrected chi connectivity index (χ1v) is 4.77. The first-order chi connectivity index (χ1) is 6.42. The molecule has 0 aromatic heterocycles. The summed E-state index contributed by atoms with van der Waals surface area (Å²) in [6.45, 7) is 2.15. The molecular formula is C11H15NO. The number of fused-ring (bicyclic) bond motifs is 1. The molecule has 1 N–H and O–H groups in total. The average Bonchev–Trinajstić information content (AvgIpc) is 2.41. The number of benzene rings is 1. The molecule has 2 heteroatoms. The number of methoxy groups -OCH3 is 1. The van der Waals surface area contributed by atoms with Crippen LogP contribution in [0.3, 0.4) is 0 Å². The van der Waals surface area contributed by atoms with Crippen molar-refractivity contribution in [2.75, 3.05) is 20.2 Å². The molecule has 13 heavy (non-hydrogen) atoms. The van der Waals surface area contributed by atoms with Crippen molar-refractivity contribution in [2.24, 2.45) is 0 Å². The Labute approximate surface area is 78.9 Å². The minimum absolute atomic E-state index is 1.04. The molecule has 1 aliphatic heterocycles. The van der Waals surface area contributed by atoms with E-state index >= 15 is 0 Å². The second-order valence-electron chi connectivity index (χ2n) is 3.35. The Morgan fingerprint density at radius 1 is 1.23 bits per heavy atom. The van der Waals surface area contributed by atoms with Crippen molar-refractivity contribution in [3.05, 3.63) is 29.3 Å². The third kappa shape index (κ3) is 1.68. The summed E-state index contributed by atoms with van der Waals surface area (Å²) >= 11 is 0. The highest BCUT2D eigenvalue weighted by Crippen LogP contribution is 2.23. The molecule has 0 radical (unpaired) electrons. The van der Waals surface area contributed by atoms with Crippen LogP contribution in [0.15, 0.2) is 18.2 Å². The van der Waals surface area contributed by atoms with Gasteiger partial charge in [0.25, 0.3) is 0 Å². The Morgan fingerprint density at radius 2 is 2.08 bits per heavy atom. The lowest BCUT2D eigenvalue weighted by molar-refractivity contribution is 0.409. The summed E-state index contributed by atoms with van der Waals surface area (Å²) in [6, 6.07) is 6.32. The van der Waals surface area contributed by atoms with Crippen LogP contribution in [-0.4, -0.2) is 20.2 Å². The SMILES string of the molecule is COc1cccc2c1CCNCC2. The van der Waals surface area contributed by atoms with Gasteiger partial charge in [0.1, 0.15) is 5.75 Å². The van der Waals surface area contributed by atoms with Crippen LogP contribution in [0, 0.1) is 0 Å². The third-order valence-electron chi connectivity index (χ3n) is 2.57. The molecule has 0 atom stereocenters. The molecule has 1 aliphatic rings. The van der Waals surface area contributed by atoms with E-state index in [1.165, 1.54) is 11.1 Å². The molecule has 70 valence electrons. The molecule has 0 bridgehead atoms. The number of nitrogens with one attached hydrogen (secondary N) is 1. The van der Waals surface area contributed by atoms with Gasteiger partial charge in [0.2, 0.25) is 0 Å². The second kappa shape index (κ2) is 3.79. The lowest BCUT2D eigenvalue weighted by Gasteiger charge is -2.09. The van der Waals surface area contributed by atoms with Gasteiger partial charge in [0.15, 0.2) is 0 Å². The first-order valence-electron chi connectivity index (χ1n) is 4.77. The largest absolute Gasteiger partial charge is 0.496 e.